The summed E-state index contributed by atoms with van der Waals surface area (Å²) in [5, 5.41) is 49.7. The zero-order chi connectivity index (χ0) is 67.1. The number of nitrogens with zero attached hydrogens (tertiary/aromatic N) is 9. The molecule has 6 amide bonds. The van der Waals surface area contributed by atoms with Crippen molar-refractivity contribution in [3.8, 4) is 11.8 Å². The number of aromatic nitrogens is 1. The molecule has 3 aliphatic rings. The van der Waals surface area contributed by atoms with Crippen LogP contribution in [0.3, 0.4) is 0 Å². The van der Waals surface area contributed by atoms with E-state index in [-0.39, 0.29) is 129 Å². The smallest absolute Gasteiger partial charge is 0.317 e. The number of hydrogen-bond donors (Lipinski definition) is 7. The fraction of sp³-hybridized carbons (Fsp3) is 0.603. The number of carboxylic acid groups (broad SMARTS) is 3. The number of hydrogen-bond acceptors (Lipinski definition) is 18. The van der Waals surface area contributed by atoms with E-state index in [1.165, 1.54) is 12.3 Å². The normalized spacial score (nSPS) is 17.5. The number of fused-ring (bicyclic) bond motifs is 1. The van der Waals surface area contributed by atoms with Crippen LogP contribution in [0.25, 0.3) is 10.9 Å². The number of aryl methyl sites for hydroxylation is 1. The summed E-state index contributed by atoms with van der Waals surface area (Å²) in [6.45, 7) is 3.66. The summed E-state index contributed by atoms with van der Waals surface area (Å²) in [4.78, 5) is 131. The zero-order valence-corrected chi connectivity index (χ0v) is 54.7. The molecule has 2 aromatic carbocycles. The van der Waals surface area contributed by atoms with E-state index in [4.69, 9.17) is 9.47 Å². The number of piperazine rings is 1. The number of ether oxygens (including phenoxy) is 2. The van der Waals surface area contributed by atoms with Crippen LogP contribution in [0.15, 0.2) is 54.7 Å². The topological polar surface area (TPSA) is 340 Å². The number of pyridine rings is 1. The maximum absolute atomic E-state index is 13.9. The predicted molar refractivity (Wildman–Crippen MR) is 345 cm³/mol. The van der Waals surface area contributed by atoms with E-state index in [0.29, 0.717) is 74.9 Å². The number of carboxylic acids is 3. The summed E-state index contributed by atoms with van der Waals surface area (Å²) in [7, 11) is 0. The number of halogens is 3. The number of amides is 6. The molecule has 27 nitrogen and oxygen atoms in total. The number of nitriles is 1. The summed E-state index contributed by atoms with van der Waals surface area (Å²) < 4.78 is 40.8. The van der Waals surface area contributed by atoms with Crippen LogP contribution in [-0.2, 0) is 49.5 Å². The van der Waals surface area contributed by atoms with Crippen molar-refractivity contribution in [2.75, 3.05) is 157 Å². The van der Waals surface area contributed by atoms with Gasteiger partial charge in [0.25, 0.3) is 11.8 Å². The van der Waals surface area contributed by atoms with Crippen LogP contribution in [-0.4, -0.2) is 283 Å². The quantitative estimate of drug-likeness (QED) is 0.0326. The number of unbranched alkanes of at least 4 members (excludes halogenated alkanes) is 3. The first-order valence-electron chi connectivity index (χ1n) is 31.7. The first-order chi connectivity index (χ1) is 44.6. The largest absolute Gasteiger partial charge is 0.494 e. The predicted octanol–water partition coefficient (Wildman–Crippen LogP) is 1.81. The highest BCUT2D eigenvalue weighted by atomic mass is 127. The molecular weight excluding hydrogens is 1330 g/mol. The number of benzene rings is 2. The Labute approximate surface area is 553 Å². The molecule has 1 aromatic heterocycles. The molecule has 4 heterocycles. The molecule has 510 valence electrons. The van der Waals surface area contributed by atoms with Gasteiger partial charge in [-0.1, -0.05) is 18.6 Å². The summed E-state index contributed by atoms with van der Waals surface area (Å²) in [6, 6.07) is 14.2. The second kappa shape index (κ2) is 39.4. The molecular formula is C63H88F2IN13O14. The van der Waals surface area contributed by atoms with E-state index in [1.54, 1.807) is 43.9 Å². The Balaban J connectivity index is 0.906. The Morgan fingerprint density at radius 2 is 1.28 bits per heavy atom. The molecule has 93 heavy (non-hydrogen) atoms. The van der Waals surface area contributed by atoms with Gasteiger partial charge in [0, 0.05) is 133 Å². The summed E-state index contributed by atoms with van der Waals surface area (Å²) >= 11 is 2.24. The van der Waals surface area contributed by atoms with Gasteiger partial charge in [0.15, 0.2) is 0 Å². The zero-order valence-electron chi connectivity index (χ0n) is 52.6. The van der Waals surface area contributed by atoms with Gasteiger partial charge in [0.1, 0.15) is 17.8 Å². The highest BCUT2D eigenvalue weighted by molar-refractivity contribution is 14.1. The lowest BCUT2D eigenvalue weighted by Gasteiger charge is -2.34. The van der Waals surface area contributed by atoms with Gasteiger partial charge in [-0.15, -0.1) is 0 Å². The molecule has 7 N–H and O–H groups in total. The van der Waals surface area contributed by atoms with E-state index in [0.717, 1.165) is 52.9 Å². The molecule has 0 bridgehead atoms. The van der Waals surface area contributed by atoms with Crippen molar-refractivity contribution in [1.29, 1.82) is 5.26 Å². The number of carbonyl (C=O) groups excluding carboxylic acids is 6. The molecule has 2 atom stereocenters. The van der Waals surface area contributed by atoms with Gasteiger partial charge in [0.05, 0.1) is 69.6 Å². The molecule has 30 heteroatoms. The Morgan fingerprint density at radius 1 is 0.656 bits per heavy atom. The number of nitrogens with one attached hydrogen (secondary N) is 4. The van der Waals surface area contributed by atoms with Crippen molar-refractivity contribution in [3.63, 3.8) is 0 Å². The molecule has 3 fully saturated rings. The minimum absolute atomic E-state index is 0.0547. The maximum atomic E-state index is 13.9. The van der Waals surface area contributed by atoms with Gasteiger partial charge in [0.2, 0.25) is 29.5 Å². The van der Waals surface area contributed by atoms with Gasteiger partial charge in [-0.25, -0.2) is 8.78 Å². The summed E-state index contributed by atoms with van der Waals surface area (Å²) in [5.41, 5.74) is 1.88. The van der Waals surface area contributed by atoms with Crippen LogP contribution in [0.2, 0.25) is 0 Å². The molecule has 0 unspecified atom stereocenters. The van der Waals surface area contributed by atoms with Crippen molar-refractivity contribution >= 4 is 86.8 Å². The number of aliphatic carboxylic acids is 3. The van der Waals surface area contributed by atoms with Gasteiger partial charge in [-0.2, -0.15) is 5.26 Å². The van der Waals surface area contributed by atoms with E-state index < -0.39 is 79.1 Å². The maximum Gasteiger partial charge on any atom is 0.317 e. The summed E-state index contributed by atoms with van der Waals surface area (Å²) in [6.07, 6.45) is 6.34. The second-order valence-corrected chi connectivity index (χ2v) is 24.7. The first kappa shape index (κ1) is 74.8. The Hall–Kier alpha value is -7.28. The van der Waals surface area contributed by atoms with Gasteiger partial charge < -0.3 is 55.9 Å². The van der Waals surface area contributed by atoms with Gasteiger partial charge >= 0.3 is 17.9 Å². The SMILES string of the molecule is N#C[C@H]1CC(F)(F)CN1C(=O)CNC(=O)c1ccnc2ccc(OCCCCN3CCN(C(=O)CCCCCNC(=O)[C@H](CCOCCNC(=O)CCCc4ccc(I)cc4)NC(=O)CN4CCN(CC(=O)O)CCN(CC(=O)O)CCN(CC(=O)O)CC4)CC3)cc12. The number of rotatable bonds is 35. The van der Waals surface area contributed by atoms with Gasteiger partial charge in [-0.05, 0) is 116 Å². The van der Waals surface area contributed by atoms with Crippen molar-refractivity contribution in [2.45, 2.75) is 88.6 Å². The molecule has 3 aliphatic heterocycles. The Bertz CT molecular complexity index is 2980. The molecule has 3 aromatic rings. The fourth-order valence-corrected chi connectivity index (χ4v) is 11.5. The average molecular weight is 1420 g/mol. The summed E-state index contributed by atoms with van der Waals surface area (Å²) in [5.74, 6) is -8.29. The lowest BCUT2D eigenvalue weighted by molar-refractivity contribution is -0.140. The third-order valence-corrected chi connectivity index (χ3v) is 17.0. The first-order valence-corrected chi connectivity index (χ1v) is 32.8. The van der Waals surface area contributed by atoms with Gasteiger partial charge in [-0.3, -0.25) is 72.6 Å². The van der Waals surface area contributed by atoms with Crippen molar-refractivity contribution < 1.29 is 76.7 Å². The molecule has 3 saturated heterocycles. The molecule has 0 aliphatic carbocycles. The highest BCUT2D eigenvalue weighted by Gasteiger charge is 2.47. The van der Waals surface area contributed by atoms with Crippen LogP contribution in [0, 0.1) is 14.9 Å². The average Bonchev–Trinajstić information content (AvgIpc) is 1.74. The third kappa shape index (κ3) is 27.7. The Morgan fingerprint density at radius 3 is 1.90 bits per heavy atom. The van der Waals surface area contributed by atoms with Crippen LogP contribution < -0.4 is 26.0 Å². The standard InChI is InChI=1S/C63H88F2IN13O14/c64-63(65)38-48(39-67)79(45-63)57(83)40-71-61(90)50-16-19-68-52-15-14-49(37-51(50)52)93-34-5-4-21-73-30-32-78(33-31-73)56(82)9-2-1-3-18-70-62(91)53(17-35-92-36-20-69-54(80)8-6-7-46-10-12-47(66)13-11-46)72-55(81)41-74-22-24-75(42-58(84)85)26-28-77(44-60(88)89)29-27-76(25-23-74)43-59(86)87/h10-16,19,37,48,53H,1-9,17-18,20-36,38,40-45H2,(H,69,80)(H,70,91)(H,71,90)(H,72,81)(H,84,85)(H,86,87)(H,88,89)/t48-,53+/m1/s1. The number of alkyl halides is 2. The second-order valence-electron chi connectivity index (χ2n) is 23.5. The van der Waals surface area contributed by atoms with Crippen molar-refractivity contribution in [1.82, 2.24) is 60.6 Å². The fourth-order valence-electron chi connectivity index (χ4n) is 11.1. The third-order valence-electron chi connectivity index (χ3n) is 16.3. The van der Waals surface area contributed by atoms with E-state index in [2.05, 4.69) is 53.7 Å². The highest BCUT2D eigenvalue weighted by Crippen LogP contribution is 2.32. The minimum Gasteiger partial charge on any atom is -0.494 e. The molecule has 0 radical (unpaired) electrons. The molecule has 0 saturated carbocycles. The van der Waals surface area contributed by atoms with Crippen molar-refractivity contribution in [2.24, 2.45) is 0 Å². The minimum atomic E-state index is -3.18. The number of likely N-dealkylation sites (tertiary alicyclic amines) is 1. The van der Waals surface area contributed by atoms with Crippen molar-refractivity contribution in [3.05, 3.63) is 69.4 Å². The van der Waals surface area contributed by atoms with Crippen LogP contribution >= 0.6 is 22.6 Å². The van der Waals surface area contributed by atoms with E-state index >= 15 is 0 Å². The Kier molecular flexibility index (Phi) is 31.7. The van der Waals surface area contributed by atoms with E-state index in [1.807, 2.05) is 29.2 Å². The molecule has 6 rings (SSSR count). The monoisotopic (exact) mass is 1420 g/mol. The molecule has 0 spiro atoms. The lowest BCUT2D eigenvalue weighted by atomic mass is 10.1. The number of carbonyl (C=O) groups is 9. The van der Waals surface area contributed by atoms with Crippen LogP contribution in [0.5, 0.6) is 5.75 Å². The van der Waals surface area contributed by atoms with Crippen LogP contribution in [0.1, 0.15) is 80.1 Å². The van der Waals surface area contributed by atoms with Crippen LogP contribution in [0.4, 0.5) is 8.78 Å². The lowest BCUT2D eigenvalue weighted by Crippen LogP contribution is -2.52. The van der Waals surface area contributed by atoms with E-state index in [9.17, 15) is 72.5 Å².